The summed E-state index contributed by atoms with van der Waals surface area (Å²) in [4.78, 5) is 15.4. The Morgan fingerprint density at radius 1 is 1.00 bits per heavy atom. The molecule has 2 heterocycles. The highest BCUT2D eigenvalue weighted by Crippen LogP contribution is 2.29. The third-order valence-corrected chi connectivity index (χ3v) is 8.96. The van der Waals surface area contributed by atoms with Crippen molar-refractivity contribution in [2.24, 2.45) is 5.92 Å². The number of carbonyl (C=O) groups is 1. The van der Waals surface area contributed by atoms with Crippen molar-refractivity contribution in [3.63, 3.8) is 0 Å². The van der Waals surface area contributed by atoms with Gasteiger partial charge in [0.2, 0.25) is 5.91 Å². The number of anilines is 1. The highest BCUT2D eigenvalue weighted by atomic mass is 32.2. The largest absolute Gasteiger partial charge is 0.308 e. The second-order valence-corrected chi connectivity index (χ2v) is 11.0. The first kappa shape index (κ1) is 21.7. The number of amides is 1. The van der Waals surface area contributed by atoms with Gasteiger partial charge in [-0.15, -0.1) is 11.3 Å². The molecule has 2 aromatic carbocycles. The summed E-state index contributed by atoms with van der Waals surface area (Å²) in [5.41, 5.74) is 3.07. The zero-order chi connectivity index (χ0) is 21.8. The molecule has 0 saturated carbocycles. The Balaban J connectivity index is 1.50. The van der Waals surface area contributed by atoms with Gasteiger partial charge in [0.15, 0.2) is 0 Å². The van der Waals surface area contributed by atoms with E-state index in [1.165, 1.54) is 15.6 Å². The molecule has 162 valence electrons. The van der Waals surface area contributed by atoms with Crippen molar-refractivity contribution in [1.82, 2.24) is 4.31 Å². The van der Waals surface area contributed by atoms with Crippen molar-refractivity contribution in [3.8, 4) is 0 Å². The minimum absolute atomic E-state index is 0.0564. The molecular weight excluding hydrogens is 428 g/mol. The monoisotopic (exact) mass is 454 g/mol. The molecular formula is C24H26N2O3S2. The number of carbonyl (C=O) groups excluding carboxylic acids is 1. The molecule has 1 aliphatic heterocycles. The molecule has 1 saturated heterocycles. The summed E-state index contributed by atoms with van der Waals surface area (Å²) in [6.07, 6.45) is 1.06. The normalized spacial score (nSPS) is 15.6. The van der Waals surface area contributed by atoms with Crippen LogP contribution in [0.15, 0.2) is 76.3 Å². The maximum Gasteiger partial charge on any atom is 0.252 e. The van der Waals surface area contributed by atoms with Crippen molar-refractivity contribution >= 4 is 33.0 Å². The van der Waals surface area contributed by atoms with E-state index in [4.69, 9.17) is 0 Å². The van der Waals surface area contributed by atoms with Gasteiger partial charge in [-0.25, -0.2) is 8.42 Å². The molecule has 0 spiro atoms. The molecule has 3 aromatic rings. The predicted octanol–water partition coefficient (Wildman–Crippen LogP) is 4.69. The molecule has 0 bridgehead atoms. The Hall–Kier alpha value is -2.48. The van der Waals surface area contributed by atoms with Crippen molar-refractivity contribution < 1.29 is 13.2 Å². The average molecular weight is 455 g/mol. The second kappa shape index (κ2) is 9.34. The van der Waals surface area contributed by atoms with E-state index in [1.807, 2.05) is 66.4 Å². The van der Waals surface area contributed by atoms with Gasteiger partial charge in [0.25, 0.3) is 10.0 Å². The SMILES string of the molecule is Cc1ccc(N(Cc2ccccc2)C(=O)C2CCN(S(=O)(=O)c3cccs3)CC2)cc1. The van der Waals surface area contributed by atoms with Crippen LogP contribution in [-0.2, 0) is 21.4 Å². The highest BCUT2D eigenvalue weighted by Gasteiger charge is 2.34. The van der Waals surface area contributed by atoms with Gasteiger partial charge >= 0.3 is 0 Å². The van der Waals surface area contributed by atoms with Gasteiger partial charge in [-0.3, -0.25) is 4.79 Å². The van der Waals surface area contributed by atoms with Crippen LogP contribution in [0.5, 0.6) is 0 Å². The lowest BCUT2D eigenvalue weighted by molar-refractivity contribution is -0.123. The van der Waals surface area contributed by atoms with E-state index in [0.29, 0.717) is 36.7 Å². The van der Waals surface area contributed by atoms with Crippen LogP contribution in [0, 0.1) is 12.8 Å². The molecule has 4 rings (SSSR count). The Kier molecular flexibility index (Phi) is 6.55. The average Bonchev–Trinajstić information content (AvgIpc) is 3.35. The quantitative estimate of drug-likeness (QED) is 0.543. The predicted molar refractivity (Wildman–Crippen MR) is 125 cm³/mol. The number of thiophene rings is 1. The van der Waals surface area contributed by atoms with Crippen molar-refractivity contribution in [2.75, 3.05) is 18.0 Å². The first-order valence-corrected chi connectivity index (χ1v) is 12.7. The lowest BCUT2D eigenvalue weighted by atomic mass is 9.96. The van der Waals surface area contributed by atoms with Gasteiger partial charge in [-0.2, -0.15) is 4.31 Å². The van der Waals surface area contributed by atoms with Gasteiger partial charge in [-0.05, 0) is 48.9 Å². The van der Waals surface area contributed by atoms with E-state index < -0.39 is 10.0 Å². The van der Waals surface area contributed by atoms with Gasteiger partial charge in [0, 0.05) is 24.7 Å². The fourth-order valence-electron chi connectivity index (χ4n) is 3.89. The lowest BCUT2D eigenvalue weighted by Crippen LogP contribution is -2.44. The maximum absolute atomic E-state index is 13.5. The van der Waals surface area contributed by atoms with Crippen LogP contribution < -0.4 is 4.90 Å². The first-order valence-electron chi connectivity index (χ1n) is 10.4. The summed E-state index contributed by atoms with van der Waals surface area (Å²) in [5.74, 6) is -0.138. The summed E-state index contributed by atoms with van der Waals surface area (Å²) in [5, 5.41) is 1.77. The molecule has 1 amide bonds. The number of nitrogens with zero attached hydrogens (tertiary/aromatic N) is 2. The van der Waals surface area contributed by atoms with Crippen LogP contribution in [0.25, 0.3) is 0 Å². The number of rotatable bonds is 6. The molecule has 1 aliphatic rings. The van der Waals surface area contributed by atoms with Gasteiger partial charge in [0.1, 0.15) is 4.21 Å². The minimum atomic E-state index is -3.47. The first-order chi connectivity index (χ1) is 14.9. The van der Waals surface area contributed by atoms with Crippen LogP contribution in [0.4, 0.5) is 5.69 Å². The highest BCUT2D eigenvalue weighted by molar-refractivity contribution is 7.91. The van der Waals surface area contributed by atoms with Crippen LogP contribution in [-0.4, -0.2) is 31.7 Å². The molecule has 0 radical (unpaired) electrons. The third kappa shape index (κ3) is 4.89. The summed E-state index contributed by atoms with van der Waals surface area (Å²) >= 11 is 1.23. The summed E-state index contributed by atoms with van der Waals surface area (Å²) in [6, 6.07) is 21.3. The zero-order valence-electron chi connectivity index (χ0n) is 17.5. The molecule has 31 heavy (non-hydrogen) atoms. The number of piperidine rings is 1. The fraction of sp³-hybridized carbons (Fsp3) is 0.292. The number of hydrogen-bond acceptors (Lipinski definition) is 4. The van der Waals surface area contributed by atoms with Crippen LogP contribution >= 0.6 is 11.3 Å². The van der Waals surface area contributed by atoms with Crippen LogP contribution in [0.2, 0.25) is 0 Å². The van der Waals surface area contributed by atoms with Gasteiger partial charge in [0.05, 0.1) is 6.54 Å². The van der Waals surface area contributed by atoms with E-state index in [-0.39, 0.29) is 11.8 Å². The van der Waals surface area contributed by atoms with Gasteiger partial charge in [-0.1, -0.05) is 54.1 Å². The summed E-state index contributed by atoms with van der Waals surface area (Å²) in [7, 11) is -3.47. The number of benzene rings is 2. The fourth-order valence-corrected chi connectivity index (χ4v) is 6.50. The molecule has 5 nitrogen and oxygen atoms in total. The van der Waals surface area contributed by atoms with E-state index in [2.05, 4.69) is 0 Å². The van der Waals surface area contributed by atoms with Crippen LogP contribution in [0.1, 0.15) is 24.0 Å². The Morgan fingerprint density at radius 2 is 1.68 bits per heavy atom. The van der Waals surface area contributed by atoms with Crippen molar-refractivity contribution in [3.05, 3.63) is 83.2 Å². The summed E-state index contributed by atoms with van der Waals surface area (Å²) < 4.78 is 27.5. The smallest absolute Gasteiger partial charge is 0.252 e. The topological polar surface area (TPSA) is 57.7 Å². The number of aryl methyl sites for hydroxylation is 1. The second-order valence-electron chi connectivity index (χ2n) is 7.86. The molecule has 0 unspecified atom stereocenters. The molecule has 1 fully saturated rings. The Morgan fingerprint density at radius 3 is 2.29 bits per heavy atom. The van der Waals surface area contributed by atoms with E-state index >= 15 is 0 Å². The summed E-state index contributed by atoms with van der Waals surface area (Å²) in [6.45, 7) is 3.25. The van der Waals surface area contributed by atoms with Crippen molar-refractivity contribution in [2.45, 2.75) is 30.5 Å². The minimum Gasteiger partial charge on any atom is -0.308 e. The molecule has 1 aromatic heterocycles. The standard InChI is InChI=1S/C24H26N2O3S2/c1-19-9-11-22(12-10-19)26(18-20-6-3-2-4-7-20)24(27)21-13-15-25(16-14-21)31(28,29)23-8-5-17-30-23/h2-12,17,21H,13-16,18H2,1H3. The molecule has 7 heteroatoms. The van der Waals surface area contributed by atoms with Gasteiger partial charge < -0.3 is 4.90 Å². The van der Waals surface area contributed by atoms with E-state index in [1.54, 1.807) is 17.5 Å². The number of sulfonamides is 1. The maximum atomic E-state index is 13.5. The van der Waals surface area contributed by atoms with E-state index in [0.717, 1.165) is 16.8 Å². The van der Waals surface area contributed by atoms with Crippen molar-refractivity contribution in [1.29, 1.82) is 0 Å². The molecule has 0 N–H and O–H groups in total. The molecule has 0 atom stereocenters. The lowest BCUT2D eigenvalue weighted by Gasteiger charge is -2.33. The molecule has 0 aliphatic carbocycles. The Labute approximate surface area is 188 Å². The van der Waals surface area contributed by atoms with E-state index in [9.17, 15) is 13.2 Å². The number of hydrogen-bond donors (Lipinski definition) is 0. The Bertz CT molecular complexity index is 1100. The van der Waals surface area contributed by atoms with Crippen LogP contribution in [0.3, 0.4) is 0 Å². The third-order valence-electron chi connectivity index (χ3n) is 5.69. The zero-order valence-corrected chi connectivity index (χ0v) is 19.1.